The zero-order chi connectivity index (χ0) is 15.4. The van der Waals surface area contributed by atoms with Crippen LogP contribution in [0.2, 0.25) is 0 Å². The number of rotatable bonds is 5. The molecule has 5 heteroatoms. The highest BCUT2D eigenvalue weighted by Crippen LogP contribution is 2.22. The van der Waals surface area contributed by atoms with Crippen LogP contribution in [0.1, 0.15) is 17.0 Å². The molecule has 1 heterocycles. The summed E-state index contributed by atoms with van der Waals surface area (Å²) in [6.07, 6.45) is 0. The summed E-state index contributed by atoms with van der Waals surface area (Å²) in [7, 11) is 0. The number of nitrogens with zero attached hydrogens (tertiary/aromatic N) is 2. The molecular formula is C17H15BrN2OS. The van der Waals surface area contributed by atoms with E-state index in [0.29, 0.717) is 11.7 Å². The maximum Gasteiger partial charge on any atom is 0.257 e. The largest absolute Gasteiger partial charge is 0.334 e. The fourth-order valence-electron chi connectivity index (χ4n) is 2.07. The molecular weight excluding hydrogens is 360 g/mol. The Morgan fingerprint density at radius 1 is 1.05 bits per heavy atom. The van der Waals surface area contributed by atoms with Gasteiger partial charge in [-0.1, -0.05) is 45.4 Å². The third-order valence-electron chi connectivity index (χ3n) is 3.15. The number of aryl methyl sites for hydroxylation is 1. The highest BCUT2D eigenvalue weighted by Gasteiger charge is 2.05. The zero-order valence-corrected chi connectivity index (χ0v) is 14.5. The standard InChI is InChI=1S/C17H15BrN2OS/c1-12-19-17(21-20-12)15-7-5-13(6-8-15)10-22-11-14-3-2-4-16(18)9-14/h2-9H,10-11H2,1H3. The fourth-order valence-corrected chi connectivity index (χ4v) is 3.46. The van der Waals surface area contributed by atoms with E-state index in [0.717, 1.165) is 21.5 Å². The smallest absolute Gasteiger partial charge is 0.257 e. The molecule has 1 aromatic heterocycles. The van der Waals surface area contributed by atoms with Gasteiger partial charge in [0, 0.05) is 21.5 Å². The molecule has 0 aliphatic heterocycles. The van der Waals surface area contributed by atoms with Crippen molar-refractivity contribution in [1.82, 2.24) is 10.1 Å². The second-order valence-corrected chi connectivity index (χ2v) is 6.87. The number of hydrogen-bond donors (Lipinski definition) is 0. The van der Waals surface area contributed by atoms with Crippen LogP contribution in [0.3, 0.4) is 0 Å². The lowest BCUT2D eigenvalue weighted by Crippen LogP contribution is -1.85. The number of aromatic nitrogens is 2. The van der Waals surface area contributed by atoms with Crippen LogP contribution in [0.25, 0.3) is 11.5 Å². The summed E-state index contributed by atoms with van der Waals surface area (Å²) in [5, 5.41) is 3.81. The average molecular weight is 375 g/mol. The Hall–Kier alpha value is -1.59. The quantitative estimate of drug-likeness (QED) is 0.611. The molecule has 112 valence electrons. The van der Waals surface area contributed by atoms with E-state index in [1.165, 1.54) is 11.1 Å². The van der Waals surface area contributed by atoms with Gasteiger partial charge in [-0.25, -0.2) is 0 Å². The van der Waals surface area contributed by atoms with Gasteiger partial charge in [-0.15, -0.1) is 0 Å². The van der Waals surface area contributed by atoms with Crippen molar-refractivity contribution in [2.45, 2.75) is 18.4 Å². The van der Waals surface area contributed by atoms with Crippen molar-refractivity contribution in [1.29, 1.82) is 0 Å². The summed E-state index contributed by atoms with van der Waals surface area (Å²) in [4.78, 5) is 4.23. The van der Waals surface area contributed by atoms with Crippen molar-refractivity contribution in [3.63, 3.8) is 0 Å². The second kappa shape index (κ2) is 7.11. The van der Waals surface area contributed by atoms with Crippen molar-refractivity contribution < 1.29 is 4.52 Å². The minimum absolute atomic E-state index is 0.575. The molecule has 0 aliphatic carbocycles. The molecule has 0 spiro atoms. The van der Waals surface area contributed by atoms with E-state index in [9.17, 15) is 0 Å². The predicted octanol–water partition coefficient (Wildman–Crippen LogP) is 5.24. The number of hydrogen-bond acceptors (Lipinski definition) is 4. The van der Waals surface area contributed by atoms with Crippen molar-refractivity contribution in [2.75, 3.05) is 0 Å². The molecule has 3 rings (SSSR count). The molecule has 0 unspecified atom stereocenters. The Bertz CT molecular complexity index is 755. The van der Waals surface area contributed by atoms with Gasteiger partial charge in [-0.2, -0.15) is 16.7 Å². The Morgan fingerprint density at radius 2 is 1.82 bits per heavy atom. The Balaban J connectivity index is 1.57. The zero-order valence-electron chi connectivity index (χ0n) is 12.1. The monoisotopic (exact) mass is 374 g/mol. The van der Waals surface area contributed by atoms with Crippen molar-refractivity contribution in [2.24, 2.45) is 0 Å². The van der Waals surface area contributed by atoms with E-state index in [1.54, 1.807) is 0 Å². The predicted molar refractivity (Wildman–Crippen MR) is 93.6 cm³/mol. The van der Waals surface area contributed by atoms with E-state index in [1.807, 2.05) is 36.9 Å². The highest BCUT2D eigenvalue weighted by atomic mass is 79.9. The normalized spacial score (nSPS) is 10.8. The second-order valence-electron chi connectivity index (χ2n) is 4.97. The summed E-state index contributed by atoms with van der Waals surface area (Å²) in [5.74, 6) is 3.22. The third kappa shape index (κ3) is 3.99. The van der Waals surface area contributed by atoms with E-state index in [-0.39, 0.29) is 0 Å². The molecule has 0 saturated heterocycles. The molecule has 0 radical (unpaired) electrons. The molecule has 3 aromatic rings. The van der Waals surface area contributed by atoms with Crippen LogP contribution in [0, 0.1) is 6.92 Å². The van der Waals surface area contributed by atoms with Crippen LogP contribution in [0.15, 0.2) is 57.5 Å². The van der Waals surface area contributed by atoms with Crippen LogP contribution in [-0.2, 0) is 11.5 Å². The average Bonchev–Trinajstić information content (AvgIpc) is 2.95. The molecule has 3 nitrogen and oxygen atoms in total. The number of thioether (sulfide) groups is 1. The van der Waals surface area contributed by atoms with Crippen LogP contribution in [-0.4, -0.2) is 10.1 Å². The third-order valence-corrected chi connectivity index (χ3v) is 4.72. The van der Waals surface area contributed by atoms with E-state index < -0.39 is 0 Å². The lowest BCUT2D eigenvalue weighted by atomic mass is 10.1. The van der Waals surface area contributed by atoms with Crippen LogP contribution in [0.4, 0.5) is 0 Å². The molecule has 0 amide bonds. The molecule has 22 heavy (non-hydrogen) atoms. The number of halogens is 1. The van der Waals surface area contributed by atoms with Gasteiger partial charge in [0.2, 0.25) is 0 Å². The molecule has 2 aromatic carbocycles. The summed E-state index contributed by atoms with van der Waals surface area (Å²) < 4.78 is 6.30. The van der Waals surface area contributed by atoms with E-state index in [2.05, 4.69) is 56.4 Å². The van der Waals surface area contributed by atoms with E-state index in [4.69, 9.17) is 4.52 Å². The first kappa shape index (κ1) is 15.3. The van der Waals surface area contributed by atoms with Gasteiger partial charge in [0.05, 0.1) is 0 Å². The fraction of sp³-hybridized carbons (Fsp3) is 0.176. The topological polar surface area (TPSA) is 38.9 Å². The molecule has 0 fully saturated rings. The maximum absolute atomic E-state index is 5.17. The first-order chi connectivity index (χ1) is 10.7. The Labute approximate surface area is 142 Å². The molecule has 0 aliphatic rings. The minimum Gasteiger partial charge on any atom is -0.334 e. The summed E-state index contributed by atoms with van der Waals surface area (Å²) in [5.41, 5.74) is 3.58. The van der Waals surface area contributed by atoms with Crippen molar-refractivity contribution in [3.8, 4) is 11.5 Å². The Morgan fingerprint density at radius 3 is 2.50 bits per heavy atom. The van der Waals surface area contributed by atoms with Crippen molar-refractivity contribution >= 4 is 27.7 Å². The first-order valence-electron chi connectivity index (χ1n) is 6.92. The van der Waals surface area contributed by atoms with Gasteiger partial charge in [0.25, 0.3) is 5.89 Å². The van der Waals surface area contributed by atoms with E-state index >= 15 is 0 Å². The van der Waals surface area contributed by atoms with Crippen LogP contribution in [0.5, 0.6) is 0 Å². The first-order valence-corrected chi connectivity index (χ1v) is 8.87. The lowest BCUT2D eigenvalue weighted by Gasteiger charge is -2.04. The summed E-state index contributed by atoms with van der Waals surface area (Å²) in [6.45, 7) is 1.82. The van der Waals surface area contributed by atoms with Gasteiger partial charge in [0.1, 0.15) is 0 Å². The molecule has 0 saturated carbocycles. The maximum atomic E-state index is 5.17. The molecule has 0 N–H and O–H groups in total. The van der Waals surface area contributed by atoms with Gasteiger partial charge < -0.3 is 4.52 Å². The minimum atomic E-state index is 0.575. The number of benzene rings is 2. The summed E-state index contributed by atoms with van der Waals surface area (Å²) in [6, 6.07) is 16.7. The Kier molecular flexibility index (Phi) is 4.95. The van der Waals surface area contributed by atoms with Crippen LogP contribution < -0.4 is 0 Å². The van der Waals surface area contributed by atoms with Gasteiger partial charge >= 0.3 is 0 Å². The summed E-state index contributed by atoms with van der Waals surface area (Å²) >= 11 is 5.40. The van der Waals surface area contributed by atoms with Gasteiger partial charge in [-0.3, -0.25) is 0 Å². The lowest BCUT2D eigenvalue weighted by molar-refractivity contribution is 0.425. The van der Waals surface area contributed by atoms with Gasteiger partial charge in [0.15, 0.2) is 5.82 Å². The molecule has 0 atom stereocenters. The highest BCUT2D eigenvalue weighted by molar-refractivity contribution is 9.10. The van der Waals surface area contributed by atoms with Crippen molar-refractivity contribution in [3.05, 3.63) is 70.0 Å². The molecule has 0 bridgehead atoms. The van der Waals surface area contributed by atoms with Gasteiger partial charge in [-0.05, 0) is 42.3 Å². The van der Waals surface area contributed by atoms with Crippen LogP contribution >= 0.6 is 27.7 Å². The SMILES string of the molecule is Cc1noc(-c2ccc(CSCc3cccc(Br)c3)cc2)n1.